The van der Waals surface area contributed by atoms with Gasteiger partial charge in [-0.25, -0.2) is 4.79 Å². The molecule has 2 amide bonds. The summed E-state index contributed by atoms with van der Waals surface area (Å²) < 4.78 is 20.7. The number of nitrogens with zero attached hydrogens (tertiary/aromatic N) is 1. The summed E-state index contributed by atoms with van der Waals surface area (Å²) in [7, 11) is 3.87. The van der Waals surface area contributed by atoms with Crippen LogP contribution in [0.1, 0.15) is 40.1 Å². The van der Waals surface area contributed by atoms with Crippen LogP contribution in [0.25, 0.3) is 0 Å². The highest BCUT2D eigenvalue weighted by Crippen LogP contribution is 2.45. The Bertz CT molecular complexity index is 877. The molecule has 9 heteroatoms. The topological polar surface area (TPSA) is 108 Å². The summed E-state index contributed by atoms with van der Waals surface area (Å²) in [5.41, 5.74) is 0.760. The fourth-order valence-electron chi connectivity index (χ4n) is 3.57. The smallest absolute Gasteiger partial charge is 0.328 e. The van der Waals surface area contributed by atoms with Crippen molar-refractivity contribution >= 4 is 23.8 Å². The zero-order valence-corrected chi connectivity index (χ0v) is 16.2. The Balaban J connectivity index is 2.02. The fraction of sp³-hybridized carbons (Fsp3) is 0.474. The third-order valence-electron chi connectivity index (χ3n) is 5.17. The molecule has 0 bridgehead atoms. The highest BCUT2D eigenvalue weighted by Gasteiger charge is 2.46. The number of carbonyl (C=O) groups excluding carboxylic acids is 4. The van der Waals surface area contributed by atoms with Gasteiger partial charge in [-0.3, -0.25) is 19.3 Å². The molecule has 2 heterocycles. The molecule has 2 aliphatic rings. The minimum atomic E-state index is -1.08. The Morgan fingerprint density at radius 3 is 2.32 bits per heavy atom. The largest absolute Gasteiger partial charge is 0.495 e. The zero-order valence-electron chi connectivity index (χ0n) is 16.2. The number of ether oxygens (including phenoxy) is 4. The van der Waals surface area contributed by atoms with E-state index in [4.69, 9.17) is 14.2 Å². The molecular weight excluding hydrogens is 370 g/mol. The highest BCUT2D eigenvalue weighted by molar-refractivity contribution is 6.24. The Labute approximate surface area is 161 Å². The molecule has 28 heavy (non-hydrogen) atoms. The van der Waals surface area contributed by atoms with Crippen molar-refractivity contribution in [1.82, 2.24) is 4.90 Å². The van der Waals surface area contributed by atoms with Crippen LogP contribution < -0.4 is 9.47 Å². The van der Waals surface area contributed by atoms with Gasteiger partial charge in [-0.05, 0) is 19.9 Å². The van der Waals surface area contributed by atoms with Crippen LogP contribution in [0.15, 0.2) is 6.07 Å². The average molecular weight is 391 g/mol. The van der Waals surface area contributed by atoms with Gasteiger partial charge in [0.2, 0.25) is 0 Å². The van der Waals surface area contributed by atoms with Crippen LogP contribution in [-0.4, -0.2) is 62.1 Å². The minimum absolute atomic E-state index is 0.0805. The number of hydrogen-bond donors (Lipinski definition) is 0. The van der Waals surface area contributed by atoms with Crippen LogP contribution in [0.5, 0.6) is 11.5 Å². The van der Waals surface area contributed by atoms with E-state index in [1.807, 2.05) is 0 Å². The van der Waals surface area contributed by atoms with Crippen LogP contribution in [0.3, 0.4) is 0 Å². The van der Waals surface area contributed by atoms with Crippen molar-refractivity contribution in [2.24, 2.45) is 5.92 Å². The first-order valence-electron chi connectivity index (χ1n) is 8.70. The van der Waals surface area contributed by atoms with Crippen LogP contribution in [0.2, 0.25) is 0 Å². The second-order valence-electron chi connectivity index (χ2n) is 6.66. The first-order valence-corrected chi connectivity index (χ1v) is 8.70. The Morgan fingerprint density at radius 2 is 1.75 bits per heavy atom. The average Bonchev–Trinajstić information content (AvgIpc) is 3.23. The molecule has 1 aromatic rings. The molecule has 0 aromatic heterocycles. The lowest BCUT2D eigenvalue weighted by molar-refractivity contribution is -0.147. The molecule has 0 radical (unpaired) electrons. The van der Waals surface area contributed by atoms with E-state index in [-0.39, 0.29) is 16.9 Å². The molecule has 0 saturated carbocycles. The van der Waals surface area contributed by atoms with Crippen LogP contribution >= 0.6 is 0 Å². The molecule has 0 saturated heterocycles. The summed E-state index contributed by atoms with van der Waals surface area (Å²) in [5.74, 6) is -2.36. The molecule has 9 nitrogen and oxygen atoms in total. The summed E-state index contributed by atoms with van der Waals surface area (Å²) in [6.07, 6.45) is -0.190. The summed E-state index contributed by atoms with van der Waals surface area (Å²) in [4.78, 5) is 50.3. The second kappa shape index (κ2) is 7.14. The van der Waals surface area contributed by atoms with Crippen molar-refractivity contribution in [1.29, 1.82) is 0 Å². The van der Waals surface area contributed by atoms with E-state index in [0.717, 1.165) is 4.90 Å². The van der Waals surface area contributed by atoms with Gasteiger partial charge in [0.05, 0.1) is 38.4 Å². The van der Waals surface area contributed by atoms with Crippen LogP contribution in [0, 0.1) is 5.92 Å². The Kier molecular flexibility index (Phi) is 5.01. The molecule has 3 atom stereocenters. The maximum Gasteiger partial charge on any atom is 0.328 e. The molecule has 2 aliphatic heterocycles. The standard InChI is InChI=1S/C19H21NO8/c1-8(18(23)26-4)12-6-10-13(28-12)7-11-14(15(10)25-3)17(22)20(16(11)21)9(2)19(24)27-5/h7-9,12H,6H2,1-5H3/t8-,9?,12+/m1/s1. The monoisotopic (exact) mass is 391 g/mol. The number of rotatable bonds is 5. The van der Waals surface area contributed by atoms with E-state index in [1.54, 1.807) is 6.92 Å². The second-order valence-corrected chi connectivity index (χ2v) is 6.66. The number of fused-ring (bicyclic) bond motifs is 2. The van der Waals surface area contributed by atoms with E-state index < -0.39 is 41.8 Å². The first-order chi connectivity index (χ1) is 13.3. The van der Waals surface area contributed by atoms with Gasteiger partial charge < -0.3 is 18.9 Å². The number of esters is 2. The maximum atomic E-state index is 12.9. The van der Waals surface area contributed by atoms with Crippen LogP contribution in [-0.2, 0) is 25.5 Å². The Hall–Kier alpha value is -3.10. The quantitative estimate of drug-likeness (QED) is 0.540. The fourth-order valence-corrected chi connectivity index (χ4v) is 3.57. The maximum absolute atomic E-state index is 12.9. The van der Waals surface area contributed by atoms with Gasteiger partial charge >= 0.3 is 11.9 Å². The highest BCUT2D eigenvalue weighted by atomic mass is 16.5. The van der Waals surface area contributed by atoms with Gasteiger partial charge in [0, 0.05) is 12.0 Å². The summed E-state index contributed by atoms with van der Waals surface area (Å²) in [6, 6.07) is 0.381. The predicted molar refractivity (Wildman–Crippen MR) is 94.3 cm³/mol. The molecule has 0 fully saturated rings. The van der Waals surface area contributed by atoms with Crippen molar-refractivity contribution in [3.05, 3.63) is 22.8 Å². The number of carbonyl (C=O) groups is 4. The minimum Gasteiger partial charge on any atom is -0.495 e. The molecule has 1 aromatic carbocycles. The zero-order chi connectivity index (χ0) is 20.7. The van der Waals surface area contributed by atoms with E-state index in [2.05, 4.69) is 4.74 Å². The first kappa shape index (κ1) is 19.7. The predicted octanol–water partition coefficient (Wildman–Crippen LogP) is 0.965. The number of imide groups is 1. The molecule has 0 spiro atoms. The SMILES string of the molecule is COC(=O)C(C)N1C(=O)c2cc3c(c(OC)c2C1=O)C[C@@H]([C@@H](C)C(=O)OC)O3. The lowest BCUT2D eigenvalue weighted by Crippen LogP contribution is -2.43. The molecule has 0 N–H and O–H groups in total. The van der Waals surface area contributed by atoms with E-state index in [9.17, 15) is 19.2 Å². The Morgan fingerprint density at radius 1 is 1.11 bits per heavy atom. The van der Waals surface area contributed by atoms with Gasteiger partial charge in [-0.1, -0.05) is 0 Å². The molecule has 0 aliphatic carbocycles. The van der Waals surface area contributed by atoms with Gasteiger partial charge in [0.25, 0.3) is 11.8 Å². The third-order valence-corrected chi connectivity index (χ3v) is 5.17. The number of amides is 2. The third kappa shape index (κ3) is 2.78. The molecule has 3 rings (SSSR count). The summed E-state index contributed by atoms with van der Waals surface area (Å²) in [6.45, 7) is 3.09. The van der Waals surface area contributed by atoms with Crippen LogP contribution in [0.4, 0.5) is 0 Å². The number of hydrogen-bond acceptors (Lipinski definition) is 8. The van der Waals surface area contributed by atoms with Crippen molar-refractivity contribution < 1.29 is 38.1 Å². The van der Waals surface area contributed by atoms with E-state index in [1.165, 1.54) is 34.3 Å². The lowest BCUT2D eigenvalue weighted by Gasteiger charge is -2.20. The number of benzene rings is 1. The molecule has 1 unspecified atom stereocenters. The van der Waals surface area contributed by atoms with Gasteiger partial charge in [-0.15, -0.1) is 0 Å². The van der Waals surface area contributed by atoms with E-state index >= 15 is 0 Å². The van der Waals surface area contributed by atoms with Crippen molar-refractivity contribution in [2.75, 3.05) is 21.3 Å². The number of methoxy groups -OCH3 is 3. The van der Waals surface area contributed by atoms with Gasteiger partial charge in [-0.2, -0.15) is 0 Å². The summed E-state index contributed by atoms with van der Waals surface area (Å²) in [5, 5.41) is 0. The van der Waals surface area contributed by atoms with Gasteiger partial charge in [0.15, 0.2) is 0 Å². The van der Waals surface area contributed by atoms with Crippen molar-refractivity contribution in [3.8, 4) is 11.5 Å². The van der Waals surface area contributed by atoms with Crippen molar-refractivity contribution in [3.63, 3.8) is 0 Å². The van der Waals surface area contributed by atoms with Crippen molar-refractivity contribution in [2.45, 2.75) is 32.4 Å². The molecular formula is C19H21NO8. The van der Waals surface area contributed by atoms with Gasteiger partial charge in [0.1, 0.15) is 23.6 Å². The summed E-state index contributed by atoms with van der Waals surface area (Å²) >= 11 is 0. The molecule has 150 valence electrons. The normalized spacial score (nSPS) is 19.5. The lowest BCUT2D eigenvalue weighted by atomic mass is 9.96. The van der Waals surface area contributed by atoms with E-state index in [0.29, 0.717) is 17.7 Å².